The molecule has 0 saturated carbocycles. The minimum Gasteiger partial charge on any atom is -0.372 e. The molecule has 1 N–H and O–H groups in total. The number of aromatic nitrogens is 1. The number of amides is 1. The van der Waals surface area contributed by atoms with Crippen LogP contribution in [0.3, 0.4) is 0 Å². The topological polar surface area (TPSA) is 37.3 Å². The summed E-state index contributed by atoms with van der Waals surface area (Å²) in [6.45, 7) is 11.1. The lowest BCUT2D eigenvalue weighted by Gasteiger charge is -2.21. The van der Waals surface area contributed by atoms with E-state index in [9.17, 15) is 4.79 Å². The molecule has 1 heterocycles. The van der Waals surface area contributed by atoms with Crippen LogP contribution in [-0.2, 0) is 6.54 Å². The number of carbonyl (C=O) groups is 1. The van der Waals surface area contributed by atoms with E-state index in [1.165, 1.54) is 5.69 Å². The van der Waals surface area contributed by atoms with Crippen LogP contribution in [0.15, 0.2) is 48.5 Å². The van der Waals surface area contributed by atoms with Gasteiger partial charge < -0.3 is 14.8 Å². The van der Waals surface area contributed by atoms with Gasteiger partial charge in [0.05, 0.1) is 0 Å². The number of hydrogen-bond donors (Lipinski definition) is 1. The zero-order valence-electron chi connectivity index (χ0n) is 16.0. The van der Waals surface area contributed by atoms with Crippen molar-refractivity contribution < 1.29 is 4.79 Å². The number of carbonyl (C=O) groups excluding carboxylic acids is 1. The summed E-state index contributed by atoms with van der Waals surface area (Å²) in [5.41, 5.74) is 4.86. The maximum Gasteiger partial charge on any atom is 0.272 e. The van der Waals surface area contributed by atoms with Gasteiger partial charge >= 0.3 is 0 Å². The third-order valence-corrected chi connectivity index (χ3v) is 5.01. The summed E-state index contributed by atoms with van der Waals surface area (Å²) in [5.74, 6) is -0.0591. The molecular formula is C22H27N3O. The van der Waals surface area contributed by atoms with E-state index < -0.39 is 0 Å². The quantitative estimate of drug-likeness (QED) is 0.675. The second kappa shape index (κ2) is 7.65. The van der Waals surface area contributed by atoms with E-state index >= 15 is 0 Å². The number of anilines is 2. The van der Waals surface area contributed by atoms with Crippen LogP contribution in [-0.4, -0.2) is 23.6 Å². The van der Waals surface area contributed by atoms with E-state index in [4.69, 9.17) is 0 Å². The van der Waals surface area contributed by atoms with Crippen molar-refractivity contribution in [3.05, 3.63) is 59.8 Å². The first-order valence-corrected chi connectivity index (χ1v) is 9.34. The Morgan fingerprint density at radius 3 is 2.27 bits per heavy atom. The van der Waals surface area contributed by atoms with Crippen molar-refractivity contribution in [2.75, 3.05) is 23.3 Å². The molecule has 0 radical (unpaired) electrons. The van der Waals surface area contributed by atoms with Crippen molar-refractivity contribution in [3.63, 3.8) is 0 Å². The molecule has 0 fully saturated rings. The average Bonchev–Trinajstić information content (AvgIpc) is 2.96. The average molecular weight is 349 g/mol. The van der Waals surface area contributed by atoms with Crippen LogP contribution in [0.25, 0.3) is 10.9 Å². The summed E-state index contributed by atoms with van der Waals surface area (Å²) in [4.78, 5) is 15.3. The fourth-order valence-corrected chi connectivity index (χ4v) is 3.63. The van der Waals surface area contributed by atoms with Crippen LogP contribution >= 0.6 is 0 Å². The van der Waals surface area contributed by atoms with E-state index in [0.29, 0.717) is 0 Å². The normalized spacial score (nSPS) is 10.9. The highest BCUT2D eigenvalue weighted by molar-refractivity contribution is 6.08. The molecule has 1 aromatic heterocycles. The first-order chi connectivity index (χ1) is 12.6. The molecule has 1 amide bonds. The van der Waals surface area contributed by atoms with Gasteiger partial charge in [-0.1, -0.05) is 18.2 Å². The van der Waals surface area contributed by atoms with Gasteiger partial charge in [0.15, 0.2) is 0 Å². The fraction of sp³-hybridized carbons (Fsp3) is 0.318. The van der Waals surface area contributed by atoms with Crippen molar-refractivity contribution in [1.29, 1.82) is 0 Å². The highest BCUT2D eigenvalue weighted by atomic mass is 16.2. The van der Waals surface area contributed by atoms with Gasteiger partial charge in [-0.25, -0.2) is 0 Å². The second-order valence-corrected chi connectivity index (χ2v) is 6.41. The van der Waals surface area contributed by atoms with E-state index in [0.717, 1.165) is 47.5 Å². The zero-order chi connectivity index (χ0) is 18.7. The number of benzene rings is 2. The van der Waals surface area contributed by atoms with Crippen LogP contribution in [0.2, 0.25) is 0 Å². The Hall–Kier alpha value is -2.75. The Kier molecular flexibility index (Phi) is 5.31. The summed E-state index contributed by atoms with van der Waals surface area (Å²) in [6.07, 6.45) is 0. The Bertz CT molecular complexity index is 905. The van der Waals surface area contributed by atoms with Gasteiger partial charge in [0.1, 0.15) is 5.69 Å². The van der Waals surface area contributed by atoms with Crippen LogP contribution in [0.1, 0.15) is 36.8 Å². The molecular weight excluding hydrogens is 322 g/mol. The molecule has 0 atom stereocenters. The predicted octanol–water partition coefficient (Wildman–Crippen LogP) is 5.07. The van der Waals surface area contributed by atoms with Gasteiger partial charge in [-0.3, -0.25) is 4.79 Å². The van der Waals surface area contributed by atoms with Gasteiger partial charge in [-0.2, -0.15) is 0 Å². The number of nitrogens with zero attached hydrogens (tertiary/aromatic N) is 2. The summed E-state index contributed by atoms with van der Waals surface area (Å²) in [5, 5.41) is 4.19. The van der Waals surface area contributed by atoms with Crippen molar-refractivity contribution in [2.24, 2.45) is 0 Å². The molecule has 26 heavy (non-hydrogen) atoms. The lowest BCUT2D eigenvalue weighted by Crippen LogP contribution is -2.21. The molecule has 3 rings (SSSR count). The van der Waals surface area contributed by atoms with Crippen LogP contribution in [0, 0.1) is 6.92 Å². The van der Waals surface area contributed by atoms with E-state index in [1.54, 1.807) is 0 Å². The molecule has 0 spiro atoms. The molecule has 2 aromatic carbocycles. The molecule has 4 heteroatoms. The fourth-order valence-electron chi connectivity index (χ4n) is 3.63. The number of para-hydroxylation sites is 1. The van der Waals surface area contributed by atoms with Gasteiger partial charge in [0, 0.05) is 41.9 Å². The second-order valence-electron chi connectivity index (χ2n) is 6.41. The Labute approximate surface area is 155 Å². The van der Waals surface area contributed by atoms with Gasteiger partial charge in [0.25, 0.3) is 5.91 Å². The van der Waals surface area contributed by atoms with Gasteiger partial charge in [0.2, 0.25) is 0 Å². The highest BCUT2D eigenvalue weighted by Gasteiger charge is 2.19. The molecule has 4 nitrogen and oxygen atoms in total. The van der Waals surface area contributed by atoms with Crippen LogP contribution < -0.4 is 10.2 Å². The van der Waals surface area contributed by atoms with Crippen molar-refractivity contribution >= 4 is 28.2 Å². The molecule has 136 valence electrons. The van der Waals surface area contributed by atoms with E-state index in [-0.39, 0.29) is 5.91 Å². The zero-order valence-corrected chi connectivity index (χ0v) is 16.0. The Morgan fingerprint density at radius 1 is 1.00 bits per heavy atom. The SMILES string of the molecule is CCN(CC)c1ccc(NC(=O)c2c(C)c3ccccc3n2CC)cc1. The molecule has 0 aliphatic rings. The minimum atomic E-state index is -0.0591. The molecule has 0 aliphatic heterocycles. The van der Waals surface area contributed by atoms with Crippen molar-refractivity contribution in [3.8, 4) is 0 Å². The third kappa shape index (κ3) is 3.19. The maximum atomic E-state index is 13.0. The molecule has 0 bridgehead atoms. The highest BCUT2D eigenvalue weighted by Crippen LogP contribution is 2.26. The standard InChI is InChI=1S/C22H27N3O/c1-5-24(6-2)18-14-12-17(13-15-18)23-22(26)21-16(4)19-10-8-9-11-20(19)25(21)7-3/h8-15H,5-7H2,1-4H3,(H,23,26). The minimum absolute atomic E-state index is 0.0591. The summed E-state index contributed by atoms with van der Waals surface area (Å²) in [7, 11) is 0. The third-order valence-electron chi connectivity index (χ3n) is 5.01. The molecule has 0 unspecified atom stereocenters. The first kappa shape index (κ1) is 18.1. The monoisotopic (exact) mass is 349 g/mol. The number of rotatable bonds is 6. The molecule has 3 aromatic rings. The molecule has 0 saturated heterocycles. The van der Waals surface area contributed by atoms with Gasteiger partial charge in [-0.05, 0) is 63.6 Å². The van der Waals surface area contributed by atoms with Crippen molar-refractivity contribution in [1.82, 2.24) is 4.57 Å². The first-order valence-electron chi connectivity index (χ1n) is 9.34. The Morgan fingerprint density at radius 2 is 1.65 bits per heavy atom. The lowest BCUT2D eigenvalue weighted by molar-refractivity contribution is 0.101. The van der Waals surface area contributed by atoms with Gasteiger partial charge in [-0.15, -0.1) is 0 Å². The number of nitrogens with one attached hydrogen (secondary N) is 1. The van der Waals surface area contributed by atoms with E-state index in [1.807, 2.05) is 31.2 Å². The maximum absolute atomic E-state index is 13.0. The van der Waals surface area contributed by atoms with Crippen LogP contribution in [0.5, 0.6) is 0 Å². The van der Waals surface area contributed by atoms with E-state index in [2.05, 4.69) is 59.8 Å². The smallest absolute Gasteiger partial charge is 0.272 e. The van der Waals surface area contributed by atoms with Crippen LogP contribution in [0.4, 0.5) is 11.4 Å². The molecule has 0 aliphatic carbocycles. The summed E-state index contributed by atoms with van der Waals surface area (Å²) < 4.78 is 2.09. The summed E-state index contributed by atoms with van der Waals surface area (Å²) in [6, 6.07) is 16.2. The predicted molar refractivity (Wildman–Crippen MR) is 110 cm³/mol. The number of fused-ring (bicyclic) bond motifs is 1. The largest absolute Gasteiger partial charge is 0.372 e. The lowest BCUT2D eigenvalue weighted by atomic mass is 10.1. The number of hydrogen-bond acceptors (Lipinski definition) is 2. The van der Waals surface area contributed by atoms with Crippen molar-refractivity contribution in [2.45, 2.75) is 34.2 Å². The Balaban J connectivity index is 1.89. The summed E-state index contributed by atoms with van der Waals surface area (Å²) >= 11 is 0. The number of aryl methyl sites for hydroxylation is 2.